The van der Waals surface area contributed by atoms with Gasteiger partial charge in [-0.3, -0.25) is 4.98 Å². The van der Waals surface area contributed by atoms with Gasteiger partial charge < -0.3 is 15.7 Å². The summed E-state index contributed by atoms with van der Waals surface area (Å²) >= 11 is 0. The van der Waals surface area contributed by atoms with E-state index in [1.165, 1.54) is 10.9 Å². The minimum absolute atomic E-state index is 0. The molecule has 0 saturated carbocycles. The largest absolute Gasteiger partial charge is 0.384 e. The number of fused-ring (bicyclic) bond motifs is 1. The van der Waals surface area contributed by atoms with E-state index >= 15 is 0 Å². The number of halogens is 1. The second-order valence-electron chi connectivity index (χ2n) is 7.11. The quantitative estimate of drug-likeness (QED) is 0.554. The molecule has 4 nitrogen and oxygen atoms in total. The number of aliphatic hydroxyl groups is 1. The van der Waals surface area contributed by atoms with E-state index < -0.39 is 5.60 Å². The standard InChI is InChI=1S/C22H27N3O.ClH/c1-17(13-24-16-22(2,26)21-6-4-3-5-7-21)25-14-18-8-9-20-15-23-11-10-19(20)12-18;/h3-12,15,17,24-26H,13-14,16H2,1-2H3;1H/t17-,22-;/m1./s1. The van der Waals surface area contributed by atoms with Crippen molar-refractivity contribution in [1.82, 2.24) is 15.6 Å². The van der Waals surface area contributed by atoms with E-state index in [9.17, 15) is 5.11 Å². The average molecular weight is 386 g/mol. The highest BCUT2D eigenvalue weighted by atomic mass is 35.5. The molecule has 27 heavy (non-hydrogen) atoms. The van der Waals surface area contributed by atoms with Crippen molar-refractivity contribution in [3.63, 3.8) is 0 Å². The molecule has 0 amide bonds. The van der Waals surface area contributed by atoms with Crippen molar-refractivity contribution in [2.24, 2.45) is 0 Å². The lowest BCUT2D eigenvalue weighted by atomic mass is 9.96. The number of hydrogen-bond acceptors (Lipinski definition) is 4. The fourth-order valence-corrected chi connectivity index (χ4v) is 3.04. The van der Waals surface area contributed by atoms with Crippen LogP contribution in [0.5, 0.6) is 0 Å². The molecule has 3 rings (SSSR count). The van der Waals surface area contributed by atoms with Gasteiger partial charge in [0.2, 0.25) is 0 Å². The Morgan fingerprint density at radius 2 is 1.85 bits per heavy atom. The molecule has 2 aromatic carbocycles. The molecular weight excluding hydrogens is 358 g/mol. The summed E-state index contributed by atoms with van der Waals surface area (Å²) in [5, 5.41) is 19.9. The maximum absolute atomic E-state index is 10.6. The van der Waals surface area contributed by atoms with Crippen LogP contribution < -0.4 is 10.6 Å². The van der Waals surface area contributed by atoms with Crippen molar-refractivity contribution < 1.29 is 5.11 Å². The number of nitrogens with zero attached hydrogens (tertiary/aromatic N) is 1. The van der Waals surface area contributed by atoms with E-state index in [1.54, 1.807) is 0 Å². The number of hydrogen-bond donors (Lipinski definition) is 3. The second kappa shape index (κ2) is 9.81. The SMILES string of the molecule is C[C@H](CNC[C@@](C)(O)c1ccccc1)NCc1ccc2cnccc2c1.Cl. The number of benzene rings is 2. The van der Waals surface area contributed by atoms with Gasteiger partial charge in [0.1, 0.15) is 0 Å². The fraction of sp³-hybridized carbons (Fsp3) is 0.318. The first-order chi connectivity index (χ1) is 12.5. The summed E-state index contributed by atoms with van der Waals surface area (Å²) < 4.78 is 0. The Bertz CT molecular complexity index is 839. The minimum atomic E-state index is -0.868. The van der Waals surface area contributed by atoms with Gasteiger partial charge in [-0.2, -0.15) is 0 Å². The van der Waals surface area contributed by atoms with E-state index in [1.807, 2.05) is 55.7 Å². The van der Waals surface area contributed by atoms with Gasteiger partial charge in [0.15, 0.2) is 0 Å². The van der Waals surface area contributed by atoms with Gasteiger partial charge in [0, 0.05) is 43.5 Å². The first kappa shape index (κ1) is 21.3. The Kier molecular flexibility index (Phi) is 7.75. The molecule has 0 unspecified atom stereocenters. The summed E-state index contributed by atoms with van der Waals surface area (Å²) in [6.45, 7) is 6.12. The highest BCUT2D eigenvalue weighted by Crippen LogP contribution is 2.19. The smallest absolute Gasteiger partial charge is 0.0992 e. The molecule has 0 aliphatic rings. The van der Waals surface area contributed by atoms with E-state index in [2.05, 4.69) is 40.7 Å². The third-order valence-electron chi connectivity index (χ3n) is 4.68. The number of pyridine rings is 1. The molecule has 144 valence electrons. The minimum Gasteiger partial charge on any atom is -0.384 e. The van der Waals surface area contributed by atoms with Crippen LogP contribution in [0.25, 0.3) is 10.8 Å². The Morgan fingerprint density at radius 1 is 1.07 bits per heavy atom. The van der Waals surface area contributed by atoms with Crippen LogP contribution in [0.15, 0.2) is 67.0 Å². The Balaban J connectivity index is 0.00000261. The Hall–Kier alpha value is -1.98. The lowest BCUT2D eigenvalue weighted by Gasteiger charge is -2.25. The van der Waals surface area contributed by atoms with Gasteiger partial charge in [-0.1, -0.05) is 42.5 Å². The van der Waals surface area contributed by atoms with Crippen LogP contribution in [0.1, 0.15) is 25.0 Å². The molecule has 0 bridgehead atoms. The normalized spacial score (nSPS) is 14.3. The molecule has 0 fully saturated rings. The van der Waals surface area contributed by atoms with Crippen LogP contribution in [0.4, 0.5) is 0 Å². The maximum Gasteiger partial charge on any atom is 0.0992 e. The molecule has 0 radical (unpaired) electrons. The summed E-state index contributed by atoms with van der Waals surface area (Å²) in [4.78, 5) is 4.15. The van der Waals surface area contributed by atoms with E-state index in [4.69, 9.17) is 0 Å². The predicted octanol–water partition coefficient (Wildman–Crippen LogP) is 3.63. The predicted molar refractivity (Wildman–Crippen MR) is 114 cm³/mol. The molecule has 1 heterocycles. The van der Waals surface area contributed by atoms with Crippen LogP contribution in [-0.2, 0) is 12.1 Å². The lowest BCUT2D eigenvalue weighted by Crippen LogP contribution is -2.42. The summed E-state index contributed by atoms with van der Waals surface area (Å²) in [7, 11) is 0. The number of aromatic nitrogens is 1. The molecule has 1 aromatic heterocycles. The van der Waals surface area contributed by atoms with Gasteiger partial charge in [0.25, 0.3) is 0 Å². The summed E-state index contributed by atoms with van der Waals surface area (Å²) in [5.74, 6) is 0. The van der Waals surface area contributed by atoms with Crippen molar-refractivity contribution in [1.29, 1.82) is 0 Å². The lowest BCUT2D eigenvalue weighted by molar-refractivity contribution is 0.0566. The van der Waals surface area contributed by atoms with Crippen LogP contribution in [0.3, 0.4) is 0 Å². The van der Waals surface area contributed by atoms with E-state index in [0.717, 1.165) is 24.0 Å². The highest BCUT2D eigenvalue weighted by molar-refractivity contribution is 5.85. The van der Waals surface area contributed by atoms with Gasteiger partial charge in [0.05, 0.1) is 5.60 Å². The van der Waals surface area contributed by atoms with Crippen LogP contribution in [0, 0.1) is 0 Å². The van der Waals surface area contributed by atoms with Crippen LogP contribution >= 0.6 is 12.4 Å². The maximum atomic E-state index is 10.6. The van der Waals surface area contributed by atoms with Gasteiger partial charge >= 0.3 is 0 Å². The molecule has 0 spiro atoms. The monoisotopic (exact) mass is 385 g/mol. The first-order valence-corrected chi connectivity index (χ1v) is 9.09. The van der Waals surface area contributed by atoms with Crippen molar-refractivity contribution in [2.75, 3.05) is 13.1 Å². The number of rotatable bonds is 8. The third kappa shape index (κ3) is 6.01. The van der Waals surface area contributed by atoms with Crippen LogP contribution in [0.2, 0.25) is 0 Å². The summed E-state index contributed by atoms with van der Waals surface area (Å²) in [5.41, 5.74) is 1.32. The zero-order valence-corrected chi connectivity index (χ0v) is 16.7. The average Bonchev–Trinajstić information content (AvgIpc) is 2.67. The van der Waals surface area contributed by atoms with Crippen molar-refractivity contribution >= 4 is 23.2 Å². The summed E-state index contributed by atoms with van der Waals surface area (Å²) in [6, 6.07) is 18.6. The molecular formula is C22H28ClN3O. The molecule has 0 saturated heterocycles. The first-order valence-electron chi connectivity index (χ1n) is 9.09. The zero-order valence-electron chi connectivity index (χ0n) is 15.9. The van der Waals surface area contributed by atoms with E-state index in [0.29, 0.717) is 12.6 Å². The molecule has 2 atom stereocenters. The van der Waals surface area contributed by atoms with Gasteiger partial charge in [-0.25, -0.2) is 0 Å². The molecule has 3 aromatic rings. The number of nitrogens with one attached hydrogen (secondary N) is 2. The Labute approximate surface area is 167 Å². The molecule has 3 N–H and O–H groups in total. The van der Waals surface area contributed by atoms with Gasteiger partial charge in [-0.05, 0) is 42.5 Å². The summed E-state index contributed by atoms with van der Waals surface area (Å²) in [6.07, 6.45) is 3.71. The molecule has 0 aliphatic carbocycles. The zero-order chi connectivity index (χ0) is 18.4. The van der Waals surface area contributed by atoms with Crippen molar-refractivity contribution in [2.45, 2.75) is 32.0 Å². The van der Waals surface area contributed by atoms with Crippen LogP contribution in [-0.4, -0.2) is 29.2 Å². The topological polar surface area (TPSA) is 57.2 Å². The third-order valence-corrected chi connectivity index (χ3v) is 4.68. The molecule has 5 heteroatoms. The fourth-order valence-electron chi connectivity index (χ4n) is 3.04. The molecule has 0 aliphatic heterocycles. The van der Waals surface area contributed by atoms with Crippen molar-refractivity contribution in [3.05, 3.63) is 78.1 Å². The Morgan fingerprint density at radius 3 is 2.63 bits per heavy atom. The highest BCUT2D eigenvalue weighted by Gasteiger charge is 2.22. The van der Waals surface area contributed by atoms with Crippen molar-refractivity contribution in [3.8, 4) is 0 Å². The van der Waals surface area contributed by atoms with E-state index in [-0.39, 0.29) is 12.4 Å². The second-order valence-corrected chi connectivity index (χ2v) is 7.11. The van der Waals surface area contributed by atoms with Gasteiger partial charge in [-0.15, -0.1) is 12.4 Å².